The molecule has 5 heteroatoms. The first-order valence-electron chi connectivity index (χ1n) is 5.79. The van der Waals surface area contributed by atoms with E-state index in [4.69, 9.17) is 0 Å². The molecule has 0 spiro atoms. The minimum absolute atomic E-state index is 0.630. The van der Waals surface area contributed by atoms with E-state index in [9.17, 15) is 0 Å². The summed E-state index contributed by atoms with van der Waals surface area (Å²) >= 11 is 3.53. The fraction of sp³-hybridized carbons (Fsp3) is 0.231. The second-order valence-electron chi connectivity index (χ2n) is 3.90. The first-order chi connectivity index (χ1) is 8.69. The summed E-state index contributed by atoms with van der Waals surface area (Å²) in [6, 6.07) is 7.98. The number of anilines is 3. The Morgan fingerprint density at radius 1 is 1.28 bits per heavy atom. The van der Waals surface area contributed by atoms with Crippen molar-refractivity contribution in [2.24, 2.45) is 0 Å². The molecule has 18 heavy (non-hydrogen) atoms. The van der Waals surface area contributed by atoms with Gasteiger partial charge < -0.3 is 10.6 Å². The number of aryl methyl sites for hydroxylation is 1. The normalized spacial score (nSPS) is 10.2. The quantitative estimate of drug-likeness (QED) is 0.904. The van der Waals surface area contributed by atoms with Crippen molar-refractivity contribution in [3.05, 3.63) is 40.5 Å². The average Bonchev–Trinajstić information content (AvgIpc) is 2.34. The molecule has 0 radical (unpaired) electrons. The molecule has 0 aliphatic rings. The Morgan fingerprint density at radius 3 is 2.83 bits per heavy atom. The van der Waals surface area contributed by atoms with Crippen LogP contribution in [0.25, 0.3) is 0 Å². The zero-order valence-electron chi connectivity index (χ0n) is 10.4. The molecule has 2 N–H and O–H groups in total. The molecule has 1 aromatic carbocycles. The lowest BCUT2D eigenvalue weighted by molar-refractivity contribution is 1.09. The standard InChI is InChI=1S/C13H15BrN4/c1-3-15-13-16-7-6-12(18-13)17-11-5-4-9(2)8-10(11)14/h4-8H,3H2,1-2H3,(H2,15,16,17,18). The van der Waals surface area contributed by atoms with Crippen molar-refractivity contribution in [3.63, 3.8) is 0 Å². The van der Waals surface area contributed by atoms with Gasteiger partial charge in [0, 0.05) is 17.2 Å². The summed E-state index contributed by atoms with van der Waals surface area (Å²) in [6.45, 7) is 4.88. The fourth-order valence-corrected chi connectivity index (χ4v) is 2.12. The van der Waals surface area contributed by atoms with Gasteiger partial charge in [0.05, 0.1) is 5.69 Å². The molecule has 0 aliphatic heterocycles. The first kappa shape index (κ1) is 12.8. The summed E-state index contributed by atoms with van der Waals surface area (Å²) in [7, 11) is 0. The van der Waals surface area contributed by atoms with Gasteiger partial charge in [0.25, 0.3) is 0 Å². The molecule has 1 heterocycles. The number of halogens is 1. The van der Waals surface area contributed by atoms with E-state index in [0.29, 0.717) is 5.95 Å². The zero-order chi connectivity index (χ0) is 13.0. The third kappa shape index (κ3) is 3.20. The molecule has 0 aliphatic carbocycles. The predicted molar refractivity (Wildman–Crippen MR) is 78.4 cm³/mol. The number of hydrogen-bond acceptors (Lipinski definition) is 4. The van der Waals surface area contributed by atoms with Crippen LogP contribution < -0.4 is 10.6 Å². The van der Waals surface area contributed by atoms with Gasteiger partial charge in [-0.2, -0.15) is 4.98 Å². The van der Waals surface area contributed by atoms with Crippen LogP contribution in [0.2, 0.25) is 0 Å². The molecular formula is C13H15BrN4. The molecule has 0 saturated heterocycles. The maximum absolute atomic E-state index is 4.37. The molecule has 0 unspecified atom stereocenters. The van der Waals surface area contributed by atoms with Gasteiger partial charge in [0.1, 0.15) is 5.82 Å². The lowest BCUT2D eigenvalue weighted by Crippen LogP contribution is -2.03. The number of benzene rings is 1. The van der Waals surface area contributed by atoms with Gasteiger partial charge in [-0.25, -0.2) is 4.98 Å². The van der Waals surface area contributed by atoms with E-state index in [-0.39, 0.29) is 0 Å². The van der Waals surface area contributed by atoms with Gasteiger partial charge in [-0.1, -0.05) is 6.07 Å². The van der Waals surface area contributed by atoms with Gasteiger partial charge in [0.15, 0.2) is 0 Å². The topological polar surface area (TPSA) is 49.8 Å². The molecule has 2 rings (SSSR count). The minimum atomic E-state index is 0.630. The number of nitrogens with zero attached hydrogens (tertiary/aromatic N) is 2. The van der Waals surface area contributed by atoms with Gasteiger partial charge >= 0.3 is 0 Å². The minimum Gasteiger partial charge on any atom is -0.354 e. The molecular weight excluding hydrogens is 292 g/mol. The smallest absolute Gasteiger partial charge is 0.224 e. The van der Waals surface area contributed by atoms with E-state index in [0.717, 1.165) is 22.5 Å². The van der Waals surface area contributed by atoms with E-state index in [2.05, 4.69) is 55.6 Å². The van der Waals surface area contributed by atoms with E-state index in [1.165, 1.54) is 5.56 Å². The van der Waals surface area contributed by atoms with E-state index < -0.39 is 0 Å². The van der Waals surface area contributed by atoms with Gasteiger partial charge in [0.2, 0.25) is 5.95 Å². The summed E-state index contributed by atoms with van der Waals surface area (Å²) < 4.78 is 1.02. The van der Waals surface area contributed by atoms with Gasteiger partial charge in [-0.05, 0) is 53.5 Å². The van der Waals surface area contributed by atoms with Crippen LogP contribution in [-0.4, -0.2) is 16.5 Å². The van der Waals surface area contributed by atoms with Crippen LogP contribution in [-0.2, 0) is 0 Å². The van der Waals surface area contributed by atoms with Gasteiger partial charge in [-0.15, -0.1) is 0 Å². The highest BCUT2D eigenvalue weighted by Crippen LogP contribution is 2.26. The van der Waals surface area contributed by atoms with E-state index in [1.807, 2.05) is 19.1 Å². The largest absolute Gasteiger partial charge is 0.354 e. The van der Waals surface area contributed by atoms with Crippen molar-refractivity contribution in [2.75, 3.05) is 17.2 Å². The number of hydrogen-bond donors (Lipinski definition) is 2. The second kappa shape index (κ2) is 5.82. The maximum Gasteiger partial charge on any atom is 0.224 e. The molecule has 4 nitrogen and oxygen atoms in total. The second-order valence-corrected chi connectivity index (χ2v) is 4.76. The molecule has 0 fully saturated rings. The SMILES string of the molecule is CCNc1nccc(Nc2ccc(C)cc2Br)n1. The van der Waals surface area contributed by atoms with Crippen molar-refractivity contribution < 1.29 is 0 Å². The van der Waals surface area contributed by atoms with Crippen LogP contribution in [0.5, 0.6) is 0 Å². The molecule has 0 saturated carbocycles. The zero-order valence-corrected chi connectivity index (χ0v) is 12.0. The lowest BCUT2D eigenvalue weighted by Gasteiger charge is -2.09. The van der Waals surface area contributed by atoms with Crippen molar-refractivity contribution in [1.82, 2.24) is 9.97 Å². The van der Waals surface area contributed by atoms with Crippen LogP contribution in [0.4, 0.5) is 17.5 Å². The van der Waals surface area contributed by atoms with Crippen molar-refractivity contribution >= 4 is 33.4 Å². The molecule has 0 amide bonds. The Labute approximate surface area is 115 Å². The number of nitrogens with one attached hydrogen (secondary N) is 2. The predicted octanol–water partition coefficient (Wildman–Crippen LogP) is 3.72. The highest BCUT2D eigenvalue weighted by molar-refractivity contribution is 9.10. The third-order valence-corrected chi connectivity index (χ3v) is 3.03. The fourth-order valence-electron chi connectivity index (χ4n) is 1.53. The average molecular weight is 307 g/mol. The summed E-state index contributed by atoms with van der Waals surface area (Å²) in [5.74, 6) is 1.40. The maximum atomic E-state index is 4.37. The van der Waals surface area contributed by atoms with Crippen LogP contribution >= 0.6 is 15.9 Å². The summed E-state index contributed by atoms with van der Waals surface area (Å²) in [4.78, 5) is 8.50. The highest BCUT2D eigenvalue weighted by Gasteiger charge is 2.02. The van der Waals surface area contributed by atoms with Crippen LogP contribution in [0.15, 0.2) is 34.9 Å². The van der Waals surface area contributed by atoms with Crippen LogP contribution in [0, 0.1) is 6.92 Å². The molecule has 0 bridgehead atoms. The molecule has 0 atom stereocenters. The number of aromatic nitrogens is 2. The summed E-state index contributed by atoms with van der Waals surface area (Å²) in [5.41, 5.74) is 2.20. The first-order valence-corrected chi connectivity index (χ1v) is 6.58. The molecule has 2 aromatic rings. The van der Waals surface area contributed by atoms with E-state index in [1.54, 1.807) is 6.20 Å². The Balaban J connectivity index is 2.20. The third-order valence-electron chi connectivity index (χ3n) is 2.38. The van der Waals surface area contributed by atoms with Crippen molar-refractivity contribution in [1.29, 1.82) is 0 Å². The Bertz CT molecular complexity index is 542. The summed E-state index contributed by atoms with van der Waals surface area (Å²) in [6.07, 6.45) is 1.73. The van der Waals surface area contributed by atoms with E-state index >= 15 is 0 Å². The van der Waals surface area contributed by atoms with Crippen LogP contribution in [0.3, 0.4) is 0 Å². The Kier molecular flexibility index (Phi) is 4.15. The number of rotatable bonds is 4. The van der Waals surface area contributed by atoms with Gasteiger partial charge in [-0.3, -0.25) is 0 Å². The Hall–Kier alpha value is -1.62. The molecule has 1 aromatic heterocycles. The van der Waals surface area contributed by atoms with Crippen molar-refractivity contribution in [3.8, 4) is 0 Å². The van der Waals surface area contributed by atoms with Crippen LogP contribution in [0.1, 0.15) is 12.5 Å². The summed E-state index contributed by atoms with van der Waals surface area (Å²) in [5, 5.41) is 6.34. The monoisotopic (exact) mass is 306 g/mol. The molecule has 94 valence electrons. The Morgan fingerprint density at radius 2 is 2.11 bits per heavy atom. The van der Waals surface area contributed by atoms with Crippen molar-refractivity contribution in [2.45, 2.75) is 13.8 Å². The lowest BCUT2D eigenvalue weighted by atomic mass is 10.2. The highest BCUT2D eigenvalue weighted by atomic mass is 79.9.